The van der Waals surface area contributed by atoms with Gasteiger partial charge >= 0.3 is 5.97 Å². The first-order chi connectivity index (χ1) is 17.5. The van der Waals surface area contributed by atoms with Crippen LogP contribution in [0.15, 0.2) is 0 Å². The standard InChI is InChI=1S/C24H41N5O7S/c1-4-7-15(20(31)27-17(12-37)24(35)36)26-22(33)19(13(3)5-2)28-21(32)18-10-14(30)11-29(18)23(34)16-8-6-9-25-16/h13-19,25,30,37H,4-12H2,1-3H3,(H,26,33)(H,27,31)(H,28,32)(H,35,36)/t13-,14+,15-,16-,17-,18-,19-/m0/s1. The zero-order chi connectivity index (χ0) is 27.7. The van der Waals surface area contributed by atoms with Gasteiger partial charge in [-0.25, -0.2) is 4.79 Å². The number of hydrogen-bond donors (Lipinski definition) is 7. The van der Waals surface area contributed by atoms with E-state index in [0.717, 1.165) is 6.42 Å². The minimum absolute atomic E-state index is 0.0456. The molecule has 0 aromatic carbocycles. The molecule has 13 heteroatoms. The van der Waals surface area contributed by atoms with Crippen molar-refractivity contribution in [1.29, 1.82) is 0 Å². The molecule has 37 heavy (non-hydrogen) atoms. The van der Waals surface area contributed by atoms with Gasteiger partial charge in [-0.1, -0.05) is 33.6 Å². The van der Waals surface area contributed by atoms with E-state index in [4.69, 9.17) is 0 Å². The van der Waals surface area contributed by atoms with Crippen LogP contribution in [0.4, 0.5) is 0 Å². The Balaban J connectivity index is 2.14. The summed E-state index contributed by atoms with van der Waals surface area (Å²) in [6, 6.07) is -4.50. The number of aliphatic carboxylic acids is 1. The maximum absolute atomic E-state index is 13.3. The number of aliphatic hydroxyl groups excluding tert-OH is 1. The Morgan fingerprint density at radius 1 is 1.08 bits per heavy atom. The largest absolute Gasteiger partial charge is 0.480 e. The highest BCUT2D eigenvalue weighted by Gasteiger charge is 2.43. The van der Waals surface area contributed by atoms with Crippen molar-refractivity contribution in [1.82, 2.24) is 26.2 Å². The molecule has 12 nitrogen and oxygen atoms in total. The van der Waals surface area contributed by atoms with Crippen LogP contribution in [0.5, 0.6) is 0 Å². The Bertz CT molecular complexity index is 838. The van der Waals surface area contributed by atoms with Crippen molar-refractivity contribution in [2.24, 2.45) is 5.92 Å². The molecule has 0 unspecified atom stereocenters. The molecule has 0 aromatic heterocycles. The third-order valence-corrected chi connectivity index (χ3v) is 7.39. The predicted molar refractivity (Wildman–Crippen MR) is 139 cm³/mol. The Morgan fingerprint density at radius 2 is 1.76 bits per heavy atom. The zero-order valence-electron chi connectivity index (χ0n) is 21.7. The normalized spacial score (nSPS) is 24.6. The van der Waals surface area contributed by atoms with Crippen LogP contribution in [0, 0.1) is 5.92 Å². The van der Waals surface area contributed by atoms with Gasteiger partial charge in [0.2, 0.25) is 23.6 Å². The minimum Gasteiger partial charge on any atom is -0.480 e. The van der Waals surface area contributed by atoms with Crippen LogP contribution in [0.3, 0.4) is 0 Å². The first-order valence-corrected chi connectivity index (χ1v) is 13.6. The summed E-state index contributed by atoms with van der Waals surface area (Å²) in [6.07, 6.45) is 2.10. The van der Waals surface area contributed by atoms with Crippen LogP contribution in [-0.2, 0) is 24.0 Å². The maximum Gasteiger partial charge on any atom is 0.327 e. The molecule has 2 aliphatic rings. The van der Waals surface area contributed by atoms with E-state index in [-0.39, 0.29) is 37.0 Å². The highest BCUT2D eigenvalue weighted by atomic mass is 32.1. The van der Waals surface area contributed by atoms with E-state index in [0.29, 0.717) is 25.8 Å². The van der Waals surface area contributed by atoms with Gasteiger partial charge < -0.3 is 36.4 Å². The molecule has 6 N–H and O–H groups in total. The van der Waals surface area contributed by atoms with Gasteiger partial charge in [0, 0.05) is 18.7 Å². The number of rotatable bonds is 13. The summed E-state index contributed by atoms with van der Waals surface area (Å²) >= 11 is 3.95. The van der Waals surface area contributed by atoms with Crippen molar-refractivity contribution >= 4 is 42.2 Å². The molecule has 2 saturated heterocycles. The minimum atomic E-state index is -1.24. The molecule has 2 aliphatic heterocycles. The fourth-order valence-electron chi connectivity index (χ4n) is 4.63. The number of nitrogens with one attached hydrogen (secondary N) is 4. The number of thiol groups is 1. The van der Waals surface area contributed by atoms with Crippen LogP contribution in [0.2, 0.25) is 0 Å². The van der Waals surface area contributed by atoms with Crippen LogP contribution >= 0.6 is 12.6 Å². The van der Waals surface area contributed by atoms with Crippen LogP contribution in [-0.4, -0.2) is 99.9 Å². The number of amides is 4. The second-order valence-corrected chi connectivity index (χ2v) is 10.2. The Kier molecular flexibility index (Phi) is 12.1. The van der Waals surface area contributed by atoms with Gasteiger partial charge in [-0.3, -0.25) is 19.2 Å². The van der Waals surface area contributed by atoms with Crippen molar-refractivity contribution in [3.63, 3.8) is 0 Å². The number of carbonyl (C=O) groups is 5. The third kappa shape index (κ3) is 8.30. The van der Waals surface area contributed by atoms with Crippen LogP contribution in [0.1, 0.15) is 59.3 Å². The van der Waals surface area contributed by atoms with Crippen molar-refractivity contribution < 1.29 is 34.2 Å². The lowest BCUT2D eigenvalue weighted by Crippen LogP contribution is -2.59. The van der Waals surface area contributed by atoms with E-state index < -0.39 is 60.0 Å². The molecule has 0 aromatic rings. The summed E-state index contributed by atoms with van der Waals surface area (Å²) in [5.74, 6) is -3.66. The lowest BCUT2D eigenvalue weighted by atomic mass is 9.97. The topological polar surface area (TPSA) is 177 Å². The van der Waals surface area contributed by atoms with E-state index in [2.05, 4.69) is 33.9 Å². The monoisotopic (exact) mass is 543 g/mol. The Labute approximate surface area is 223 Å². The number of likely N-dealkylation sites (tertiary alicyclic amines) is 1. The number of carboxylic acid groups (broad SMARTS) is 1. The van der Waals surface area contributed by atoms with Crippen LogP contribution in [0.25, 0.3) is 0 Å². The zero-order valence-corrected chi connectivity index (χ0v) is 22.6. The molecule has 0 aliphatic carbocycles. The highest BCUT2D eigenvalue weighted by molar-refractivity contribution is 7.80. The van der Waals surface area contributed by atoms with E-state index in [1.807, 2.05) is 13.8 Å². The summed E-state index contributed by atoms with van der Waals surface area (Å²) in [5.41, 5.74) is 0. The third-order valence-electron chi connectivity index (χ3n) is 7.02. The van der Waals surface area contributed by atoms with Crippen molar-refractivity contribution in [3.05, 3.63) is 0 Å². The van der Waals surface area contributed by atoms with Gasteiger partial charge in [-0.2, -0.15) is 12.6 Å². The second-order valence-electron chi connectivity index (χ2n) is 9.85. The predicted octanol–water partition coefficient (Wildman–Crippen LogP) is -0.985. The van der Waals surface area contributed by atoms with E-state index in [1.54, 1.807) is 6.92 Å². The SMILES string of the molecule is CCC[C@H](NC(=O)[C@@H](NC(=O)[C@@H]1C[C@@H](O)CN1C(=O)[C@@H]1CCCN1)[C@@H](C)CC)C(=O)N[C@@H](CS)C(=O)O. The smallest absolute Gasteiger partial charge is 0.327 e. The van der Waals surface area contributed by atoms with Gasteiger partial charge in [-0.15, -0.1) is 0 Å². The number of hydrogen-bond acceptors (Lipinski definition) is 8. The molecule has 4 amide bonds. The van der Waals surface area contributed by atoms with Gasteiger partial charge in [0.15, 0.2) is 0 Å². The van der Waals surface area contributed by atoms with Gasteiger partial charge in [-0.05, 0) is 31.7 Å². The molecular formula is C24H41N5O7S. The highest BCUT2D eigenvalue weighted by Crippen LogP contribution is 2.22. The summed E-state index contributed by atoms with van der Waals surface area (Å²) < 4.78 is 0. The molecule has 0 radical (unpaired) electrons. The number of carboxylic acids is 1. The van der Waals surface area contributed by atoms with E-state index in [9.17, 15) is 34.2 Å². The molecule has 2 rings (SSSR count). The second kappa shape index (κ2) is 14.5. The molecule has 0 bridgehead atoms. The Morgan fingerprint density at radius 3 is 2.30 bits per heavy atom. The first kappa shape index (κ1) is 30.8. The van der Waals surface area contributed by atoms with Gasteiger partial charge in [0.1, 0.15) is 24.2 Å². The van der Waals surface area contributed by atoms with Crippen molar-refractivity contribution in [3.8, 4) is 0 Å². The lowest BCUT2D eigenvalue weighted by molar-refractivity contribution is -0.142. The van der Waals surface area contributed by atoms with Crippen molar-refractivity contribution in [2.75, 3.05) is 18.8 Å². The molecule has 210 valence electrons. The summed E-state index contributed by atoms with van der Waals surface area (Å²) in [7, 11) is 0. The number of carbonyl (C=O) groups excluding carboxylic acids is 4. The molecular weight excluding hydrogens is 502 g/mol. The molecule has 2 heterocycles. The summed E-state index contributed by atoms with van der Waals surface area (Å²) in [6.45, 7) is 6.23. The van der Waals surface area contributed by atoms with E-state index in [1.165, 1.54) is 4.90 Å². The summed E-state index contributed by atoms with van der Waals surface area (Å²) in [4.78, 5) is 64.9. The van der Waals surface area contributed by atoms with E-state index >= 15 is 0 Å². The number of nitrogens with zero attached hydrogens (tertiary/aromatic N) is 1. The maximum atomic E-state index is 13.3. The average Bonchev–Trinajstić information content (AvgIpc) is 3.54. The number of aliphatic hydroxyl groups is 1. The molecule has 7 atom stereocenters. The fourth-order valence-corrected chi connectivity index (χ4v) is 4.88. The van der Waals surface area contributed by atoms with Crippen LogP contribution < -0.4 is 21.3 Å². The number of β-amino-alcohol motifs (C(OH)–C–C–N with tert-alkyl or cyclic N) is 1. The quantitative estimate of drug-likeness (QED) is 0.145. The van der Waals surface area contributed by atoms with Gasteiger partial charge in [0.25, 0.3) is 0 Å². The first-order valence-electron chi connectivity index (χ1n) is 13.0. The lowest BCUT2D eigenvalue weighted by Gasteiger charge is -2.30. The molecule has 0 saturated carbocycles. The van der Waals surface area contributed by atoms with Crippen molar-refractivity contribution in [2.45, 2.75) is 95.6 Å². The summed E-state index contributed by atoms with van der Waals surface area (Å²) in [5, 5.41) is 30.3. The Hall–Kier alpha value is -2.38. The molecule has 0 spiro atoms. The van der Waals surface area contributed by atoms with Gasteiger partial charge in [0.05, 0.1) is 12.1 Å². The fraction of sp³-hybridized carbons (Fsp3) is 0.792. The molecule has 2 fully saturated rings. The average molecular weight is 544 g/mol.